The number of nitrogens with zero attached hydrogens (tertiary/aromatic N) is 1. The molecule has 0 saturated heterocycles. The van der Waals surface area contributed by atoms with Crippen LogP contribution in [0.15, 0.2) is 12.1 Å². The first kappa shape index (κ1) is 10.7. The van der Waals surface area contributed by atoms with Crippen LogP contribution >= 0.6 is 11.6 Å². The predicted molar refractivity (Wildman–Crippen MR) is 61.9 cm³/mol. The average Bonchev–Trinajstić information content (AvgIpc) is 2.24. The van der Waals surface area contributed by atoms with E-state index in [1.165, 1.54) is 11.1 Å². The molecule has 1 aliphatic heterocycles. The summed E-state index contributed by atoms with van der Waals surface area (Å²) in [4.78, 5) is 2.22. The smallest absolute Gasteiger partial charge is 0.0638 e. The Kier molecular flexibility index (Phi) is 3.14. The SMILES string of the molecule is Nc1c(Cl)ccc2c1CCN(CCO)C2. The minimum Gasteiger partial charge on any atom is -0.397 e. The second-order valence-electron chi connectivity index (χ2n) is 3.85. The molecule has 0 fully saturated rings. The monoisotopic (exact) mass is 226 g/mol. The Balaban J connectivity index is 2.24. The Morgan fingerprint density at radius 1 is 1.47 bits per heavy atom. The van der Waals surface area contributed by atoms with Crippen molar-refractivity contribution in [3.63, 3.8) is 0 Å². The van der Waals surface area contributed by atoms with Crippen molar-refractivity contribution >= 4 is 17.3 Å². The molecule has 82 valence electrons. The zero-order chi connectivity index (χ0) is 10.8. The number of benzene rings is 1. The molecule has 1 aliphatic rings. The first-order chi connectivity index (χ1) is 7.22. The van der Waals surface area contributed by atoms with Gasteiger partial charge in [-0.1, -0.05) is 17.7 Å². The van der Waals surface area contributed by atoms with E-state index in [9.17, 15) is 0 Å². The minimum atomic E-state index is 0.207. The number of hydrogen-bond acceptors (Lipinski definition) is 3. The molecular weight excluding hydrogens is 212 g/mol. The molecule has 0 saturated carbocycles. The van der Waals surface area contributed by atoms with Crippen LogP contribution in [0.3, 0.4) is 0 Å². The largest absolute Gasteiger partial charge is 0.397 e. The van der Waals surface area contributed by atoms with Gasteiger partial charge in [0, 0.05) is 19.6 Å². The molecule has 0 aromatic heterocycles. The number of hydrogen-bond donors (Lipinski definition) is 2. The Morgan fingerprint density at radius 3 is 3.00 bits per heavy atom. The summed E-state index contributed by atoms with van der Waals surface area (Å²) in [6, 6.07) is 3.87. The second kappa shape index (κ2) is 4.39. The van der Waals surface area contributed by atoms with Gasteiger partial charge >= 0.3 is 0 Å². The third kappa shape index (κ3) is 2.09. The molecular formula is C11H15ClN2O. The second-order valence-corrected chi connectivity index (χ2v) is 4.26. The molecule has 15 heavy (non-hydrogen) atoms. The Hall–Kier alpha value is -0.770. The van der Waals surface area contributed by atoms with Crippen LogP contribution in [0.5, 0.6) is 0 Å². The van der Waals surface area contributed by atoms with Gasteiger partial charge < -0.3 is 10.8 Å². The summed E-state index contributed by atoms with van der Waals surface area (Å²) in [5.41, 5.74) is 9.05. The van der Waals surface area contributed by atoms with Gasteiger partial charge in [-0.15, -0.1) is 0 Å². The van der Waals surface area contributed by atoms with E-state index in [2.05, 4.69) is 4.90 Å². The third-order valence-electron chi connectivity index (χ3n) is 2.89. The lowest BCUT2D eigenvalue weighted by atomic mass is 9.98. The minimum absolute atomic E-state index is 0.207. The average molecular weight is 227 g/mol. The van der Waals surface area contributed by atoms with Gasteiger partial charge in [0.05, 0.1) is 17.3 Å². The number of rotatable bonds is 2. The number of halogens is 1. The predicted octanol–water partition coefficient (Wildman–Crippen LogP) is 1.27. The topological polar surface area (TPSA) is 49.5 Å². The van der Waals surface area contributed by atoms with Gasteiger partial charge in [-0.25, -0.2) is 0 Å². The number of aliphatic hydroxyl groups excluding tert-OH is 1. The summed E-state index contributed by atoms with van der Waals surface area (Å²) in [5.74, 6) is 0. The normalized spacial score (nSPS) is 16.4. The van der Waals surface area contributed by atoms with Crippen LogP contribution in [0.1, 0.15) is 11.1 Å². The molecule has 0 aliphatic carbocycles. The Morgan fingerprint density at radius 2 is 2.27 bits per heavy atom. The van der Waals surface area contributed by atoms with Gasteiger partial charge in [0.2, 0.25) is 0 Å². The number of nitrogen functional groups attached to an aromatic ring is 1. The molecule has 1 heterocycles. The van der Waals surface area contributed by atoms with Gasteiger partial charge in [0.1, 0.15) is 0 Å². The molecule has 0 radical (unpaired) electrons. The fraction of sp³-hybridized carbons (Fsp3) is 0.455. The summed E-state index contributed by atoms with van der Waals surface area (Å²) in [5, 5.41) is 9.52. The van der Waals surface area contributed by atoms with Gasteiger partial charge in [0.15, 0.2) is 0 Å². The van der Waals surface area contributed by atoms with Crippen molar-refractivity contribution in [1.29, 1.82) is 0 Å². The zero-order valence-electron chi connectivity index (χ0n) is 8.54. The molecule has 0 amide bonds. The van der Waals surface area contributed by atoms with E-state index in [1.54, 1.807) is 0 Å². The number of fused-ring (bicyclic) bond motifs is 1. The molecule has 0 spiro atoms. The highest BCUT2D eigenvalue weighted by atomic mass is 35.5. The fourth-order valence-corrected chi connectivity index (χ4v) is 2.22. The van der Waals surface area contributed by atoms with Crippen LogP contribution in [0.2, 0.25) is 5.02 Å². The van der Waals surface area contributed by atoms with Crippen molar-refractivity contribution in [2.24, 2.45) is 0 Å². The lowest BCUT2D eigenvalue weighted by Gasteiger charge is -2.29. The van der Waals surface area contributed by atoms with Crippen LogP contribution in [-0.2, 0) is 13.0 Å². The van der Waals surface area contributed by atoms with Crippen molar-refractivity contribution < 1.29 is 5.11 Å². The first-order valence-electron chi connectivity index (χ1n) is 5.11. The quantitative estimate of drug-likeness (QED) is 0.747. The maximum atomic E-state index is 8.88. The molecule has 0 unspecified atom stereocenters. The molecule has 3 nitrogen and oxygen atoms in total. The van der Waals surface area contributed by atoms with Gasteiger partial charge in [-0.2, -0.15) is 0 Å². The van der Waals surface area contributed by atoms with Crippen molar-refractivity contribution in [1.82, 2.24) is 4.90 Å². The van der Waals surface area contributed by atoms with Crippen LogP contribution in [-0.4, -0.2) is 29.7 Å². The summed E-state index contributed by atoms with van der Waals surface area (Å²) in [6.07, 6.45) is 0.918. The lowest BCUT2D eigenvalue weighted by molar-refractivity contribution is 0.184. The van der Waals surface area contributed by atoms with Crippen LogP contribution in [0.4, 0.5) is 5.69 Å². The Bertz CT molecular complexity index is 368. The highest BCUT2D eigenvalue weighted by molar-refractivity contribution is 6.33. The number of aliphatic hydroxyl groups is 1. The van der Waals surface area contributed by atoms with E-state index in [0.29, 0.717) is 5.02 Å². The van der Waals surface area contributed by atoms with E-state index in [1.807, 2.05) is 12.1 Å². The lowest BCUT2D eigenvalue weighted by Crippen LogP contribution is -2.33. The highest BCUT2D eigenvalue weighted by Gasteiger charge is 2.18. The number of β-amino-alcohol motifs (C(OH)–C–C–N with tert-alkyl or cyclic N) is 1. The van der Waals surface area contributed by atoms with Crippen LogP contribution in [0, 0.1) is 0 Å². The molecule has 4 heteroatoms. The maximum absolute atomic E-state index is 8.88. The summed E-state index contributed by atoms with van der Waals surface area (Å²) < 4.78 is 0. The summed E-state index contributed by atoms with van der Waals surface area (Å²) in [6.45, 7) is 2.73. The Labute approximate surface area is 94.4 Å². The molecule has 2 rings (SSSR count). The standard InChI is InChI=1S/C11H15ClN2O/c12-10-2-1-8-7-14(5-6-15)4-3-9(8)11(10)13/h1-2,15H,3-7,13H2. The van der Waals surface area contributed by atoms with Gasteiger partial charge in [-0.3, -0.25) is 4.90 Å². The zero-order valence-corrected chi connectivity index (χ0v) is 9.30. The van der Waals surface area contributed by atoms with E-state index >= 15 is 0 Å². The maximum Gasteiger partial charge on any atom is 0.0638 e. The molecule has 0 bridgehead atoms. The van der Waals surface area contributed by atoms with E-state index in [-0.39, 0.29) is 6.61 Å². The van der Waals surface area contributed by atoms with E-state index in [0.717, 1.165) is 31.7 Å². The van der Waals surface area contributed by atoms with Gasteiger partial charge in [0.25, 0.3) is 0 Å². The van der Waals surface area contributed by atoms with E-state index in [4.69, 9.17) is 22.4 Å². The first-order valence-corrected chi connectivity index (χ1v) is 5.49. The molecule has 1 aromatic rings. The van der Waals surface area contributed by atoms with Crippen molar-refractivity contribution in [3.05, 3.63) is 28.3 Å². The molecule has 0 atom stereocenters. The van der Waals surface area contributed by atoms with Crippen LogP contribution in [0.25, 0.3) is 0 Å². The molecule has 1 aromatic carbocycles. The number of anilines is 1. The summed E-state index contributed by atoms with van der Waals surface area (Å²) in [7, 11) is 0. The molecule has 3 N–H and O–H groups in total. The fourth-order valence-electron chi connectivity index (χ4n) is 2.05. The van der Waals surface area contributed by atoms with Crippen molar-refractivity contribution in [2.75, 3.05) is 25.4 Å². The van der Waals surface area contributed by atoms with E-state index < -0.39 is 0 Å². The van der Waals surface area contributed by atoms with Crippen molar-refractivity contribution in [3.8, 4) is 0 Å². The third-order valence-corrected chi connectivity index (χ3v) is 3.22. The van der Waals surface area contributed by atoms with Crippen molar-refractivity contribution in [2.45, 2.75) is 13.0 Å². The van der Waals surface area contributed by atoms with Crippen LogP contribution < -0.4 is 5.73 Å². The highest BCUT2D eigenvalue weighted by Crippen LogP contribution is 2.29. The summed E-state index contributed by atoms with van der Waals surface area (Å²) >= 11 is 5.96. The number of nitrogens with two attached hydrogens (primary N) is 1. The van der Waals surface area contributed by atoms with Gasteiger partial charge in [-0.05, 0) is 23.6 Å².